The number of nitrogens with zero attached hydrogens (tertiary/aromatic N) is 1. The minimum atomic E-state index is -0.0477. The molecule has 2 rings (SSSR count). The van der Waals surface area contributed by atoms with Gasteiger partial charge in [-0.1, -0.05) is 20.8 Å². The first-order valence-electron chi connectivity index (χ1n) is 7.21. The molecule has 1 aromatic heterocycles. The molecule has 0 bridgehead atoms. The number of carbonyl (C=O) groups is 1. The fourth-order valence-corrected chi connectivity index (χ4v) is 2.72. The Hall–Kier alpha value is -1.29. The highest BCUT2D eigenvalue weighted by atomic mass is 16.3. The molecule has 0 spiro atoms. The molecule has 0 saturated carbocycles. The van der Waals surface area contributed by atoms with Crippen molar-refractivity contribution < 1.29 is 9.21 Å². The van der Waals surface area contributed by atoms with E-state index in [-0.39, 0.29) is 11.9 Å². The van der Waals surface area contributed by atoms with Gasteiger partial charge in [0.1, 0.15) is 11.5 Å². The molecular formula is C15H24N2O2. The third-order valence-electron chi connectivity index (χ3n) is 3.56. The smallest absolute Gasteiger partial charge is 0.237 e. The molecule has 1 atom stereocenters. The molecule has 106 valence electrons. The molecule has 0 aromatic carbocycles. The standard InChI is InChI=1S/C15H24N2O2/c1-4-5-12-6-7-13(19-12)10-17-9-8-16-15(18)14(17)11(2)3/h6-7,11,14H,4-5,8-10H2,1-3H3,(H,16,18). The van der Waals surface area contributed by atoms with E-state index in [9.17, 15) is 4.79 Å². The molecular weight excluding hydrogens is 240 g/mol. The fourth-order valence-electron chi connectivity index (χ4n) is 2.72. The maximum absolute atomic E-state index is 12.0. The summed E-state index contributed by atoms with van der Waals surface area (Å²) in [4.78, 5) is 14.2. The van der Waals surface area contributed by atoms with E-state index in [1.165, 1.54) is 0 Å². The molecule has 0 aliphatic carbocycles. The Morgan fingerprint density at radius 3 is 2.84 bits per heavy atom. The van der Waals surface area contributed by atoms with Crippen LogP contribution in [0.2, 0.25) is 0 Å². The van der Waals surface area contributed by atoms with Crippen LogP contribution in [0.1, 0.15) is 38.7 Å². The van der Waals surface area contributed by atoms with Gasteiger partial charge in [-0.25, -0.2) is 0 Å². The van der Waals surface area contributed by atoms with Gasteiger partial charge in [-0.05, 0) is 24.5 Å². The van der Waals surface area contributed by atoms with E-state index in [2.05, 4.69) is 31.0 Å². The number of piperazine rings is 1. The first-order valence-corrected chi connectivity index (χ1v) is 7.21. The van der Waals surface area contributed by atoms with E-state index in [1.54, 1.807) is 0 Å². The largest absolute Gasteiger partial charge is 0.465 e. The number of amides is 1. The van der Waals surface area contributed by atoms with Gasteiger partial charge in [0.25, 0.3) is 0 Å². The van der Waals surface area contributed by atoms with E-state index in [0.717, 1.165) is 44.0 Å². The molecule has 1 N–H and O–H groups in total. The van der Waals surface area contributed by atoms with Crippen LogP contribution in [0.4, 0.5) is 0 Å². The number of carbonyl (C=O) groups excluding carboxylic acids is 1. The Morgan fingerprint density at radius 1 is 1.42 bits per heavy atom. The summed E-state index contributed by atoms with van der Waals surface area (Å²) in [5.41, 5.74) is 0. The lowest BCUT2D eigenvalue weighted by molar-refractivity contribution is -0.131. The Bertz CT molecular complexity index is 426. The van der Waals surface area contributed by atoms with Crippen molar-refractivity contribution in [3.8, 4) is 0 Å². The number of rotatable bonds is 5. The molecule has 1 unspecified atom stereocenters. The van der Waals surface area contributed by atoms with Crippen molar-refractivity contribution in [1.82, 2.24) is 10.2 Å². The van der Waals surface area contributed by atoms with Crippen LogP contribution in [-0.4, -0.2) is 29.9 Å². The molecule has 4 nitrogen and oxygen atoms in total. The van der Waals surface area contributed by atoms with E-state index >= 15 is 0 Å². The van der Waals surface area contributed by atoms with E-state index in [0.29, 0.717) is 5.92 Å². The molecule has 1 aliphatic heterocycles. The van der Waals surface area contributed by atoms with Crippen LogP contribution in [0, 0.1) is 5.92 Å². The average Bonchev–Trinajstić information content (AvgIpc) is 2.76. The first kappa shape index (κ1) is 14.1. The molecule has 1 amide bonds. The summed E-state index contributed by atoms with van der Waals surface area (Å²) in [6.45, 7) is 8.66. The third-order valence-corrected chi connectivity index (χ3v) is 3.56. The zero-order chi connectivity index (χ0) is 13.8. The molecule has 4 heteroatoms. The predicted molar refractivity (Wildman–Crippen MR) is 74.7 cm³/mol. The average molecular weight is 264 g/mol. The molecule has 0 radical (unpaired) electrons. The van der Waals surface area contributed by atoms with Crippen molar-refractivity contribution in [2.75, 3.05) is 13.1 Å². The summed E-state index contributed by atoms with van der Waals surface area (Å²) >= 11 is 0. The SMILES string of the molecule is CCCc1ccc(CN2CCNC(=O)C2C(C)C)o1. The second-order valence-corrected chi connectivity index (χ2v) is 5.57. The van der Waals surface area contributed by atoms with Crippen LogP contribution < -0.4 is 5.32 Å². The molecule has 1 aromatic rings. The molecule has 1 aliphatic rings. The lowest BCUT2D eigenvalue weighted by Gasteiger charge is -2.36. The van der Waals surface area contributed by atoms with Gasteiger partial charge >= 0.3 is 0 Å². The number of hydrogen-bond donors (Lipinski definition) is 1. The molecule has 2 heterocycles. The maximum atomic E-state index is 12.0. The third kappa shape index (κ3) is 3.38. The van der Waals surface area contributed by atoms with Gasteiger partial charge in [0, 0.05) is 19.5 Å². The molecule has 19 heavy (non-hydrogen) atoms. The quantitative estimate of drug-likeness (QED) is 0.886. The van der Waals surface area contributed by atoms with Crippen molar-refractivity contribution in [1.29, 1.82) is 0 Å². The van der Waals surface area contributed by atoms with Crippen molar-refractivity contribution in [3.05, 3.63) is 23.7 Å². The maximum Gasteiger partial charge on any atom is 0.237 e. The summed E-state index contributed by atoms with van der Waals surface area (Å²) in [6.07, 6.45) is 2.07. The van der Waals surface area contributed by atoms with Crippen molar-refractivity contribution in [3.63, 3.8) is 0 Å². The minimum absolute atomic E-state index is 0.0477. The number of nitrogens with one attached hydrogen (secondary N) is 1. The van der Waals surface area contributed by atoms with Gasteiger partial charge < -0.3 is 9.73 Å². The van der Waals surface area contributed by atoms with Crippen LogP contribution in [0.25, 0.3) is 0 Å². The van der Waals surface area contributed by atoms with Gasteiger partial charge in [0.15, 0.2) is 0 Å². The van der Waals surface area contributed by atoms with Crippen molar-refractivity contribution in [2.45, 2.75) is 46.2 Å². The van der Waals surface area contributed by atoms with Crippen LogP contribution in [-0.2, 0) is 17.8 Å². The van der Waals surface area contributed by atoms with Gasteiger partial charge in [-0.2, -0.15) is 0 Å². The Balaban J connectivity index is 2.04. The zero-order valence-electron chi connectivity index (χ0n) is 12.1. The fraction of sp³-hybridized carbons (Fsp3) is 0.667. The molecule has 1 saturated heterocycles. The van der Waals surface area contributed by atoms with Gasteiger partial charge in [0.2, 0.25) is 5.91 Å². The highest BCUT2D eigenvalue weighted by Gasteiger charge is 2.32. The van der Waals surface area contributed by atoms with Crippen LogP contribution >= 0.6 is 0 Å². The highest BCUT2D eigenvalue weighted by Crippen LogP contribution is 2.19. The van der Waals surface area contributed by atoms with Gasteiger partial charge in [-0.15, -0.1) is 0 Å². The van der Waals surface area contributed by atoms with E-state index in [4.69, 9.17) is 4.42 Å². The summed E-state index contributed by atoms with van der Waals surface area (Å²) in [6, 6.07) is 4.04. The first-order chi connectivity index (χ1) is 9.11. The minimum Gasteiger partial charge on any atom is -0.465 e. The van der Waals surface area contributed by atoms with Gasteiger partial charge in [0.05, 0.1) is 12.6 Å². The molecule has 1 fully saturated rings. The normalized spacial score (nSPS) is 20.8. The number of hydrogen-bond acceptors (Lipinski definition) is 3. The van der Waals surface area contributed by atoms with Crippen molar-refractivity contribution >= 4 is 5.91 Å². The number of furan rings is 1. The summed E-state index contributed by atoms with van der Waals surface area (Å²) < 4.78 is 5.82. The summed E-state index contributed by atoms with van der Waals surface area (Å²) in [5, 5.41) is 2.94. The van der Waals surface area contributed by atoms with Crippen LogP contribution in [0.15, 0.2) is 16.5 Å². The monoisotopic (exact) mass is 264 g/mol. The van der Waals surface area contributed by atoms with Crippen LogP contribution in [0.3, 0.4) is 0 Å². The van der Waals surface area contributed by atoms with Crippen LogP contribution in [0.5, 0.6) is 0 Å². The Kier molecular flexibility index (Phi) is 4.64. The predicted octanol–water partition coefficient (Wildman–Crippen LogP) is 2.19. The lowest BCUT2D eigenvalue weighted by Crippen LogP contribution is -2.56. The lowest BCUT2D eigenvalue weighted by atomic mass is 9.99. The van der Waals surface area contributed by atoms with E-state index < -0.39 is 0 Å². The highest BCUT2D eigenvalue weighted by molar-refractivity contribution is 5.82. The zero-order valence-corrected chi connectivity index (χ0v) is 12.1. The number of aryl methyl sites for hydroxylation is 1. The second kappa shape index (κ2) is 6.24. The summed E-state index contributed by atoms with van der Waals surface area (Å²) in [5.74, 6) is 2.45. The summed E-state index contributed by atoms with van der Waals surface area (Å²) in [7, 11) is 0. The van der Waals surface area contributed by atoms with E-state index in [1.807, 2.05) is 12.1 Å². The Labute approximate surface area is 115 Å². The van der Waals surface area contributed by atoms with Gasteiger partial charge in [-0.3, -0.25) is 9.69 Å². The topological polar surface area (TPSA) is 45.5 Å². The second-order valence-electron chi connectivity index (χ2n) is 5.57. The Morgan fingerprint density at radius 2 is 2.16 bits per heavy atom. The van der Waals surface area contributed by atoms with Crippen molar-refractivity contribution in [2.24, 2.45) is 5.92 Å².